The quantitative estimate of drug-likeness (QED) is 0.738. The highest BCUT2D eigenvalue weighted by Crippen LogP contribution is 2.47. The van der Waals surface area contributed by atoms with E-state index in [1.54, 1.807) is 40.4 Å². The van der Waals surface area contributed by atoms with Gasteiger partial charge in [-0.25, -0.2) is 0 Å². The summed E-state index contributed by atoms with van der Waals surface area (Å²) in [6.45, 7) is 2.37. The van der Waals surface area contributed by atoms with Gasteiger partial charge in [0.05, 0.1) is 40.6 Å². The third-order valence-electron chi connectivity index (χ3n) is 5.06. The van der Waals surface area contributed by atoms with E-state index in [1.165, 1.54) is 0 Å². The van der Waals surface area contributed by atoms with E-state index in [0.717, 1.165) is 28.0 Å². The Labute approximate surface area is 165 Å². The number of fused-ring (bicyclic) bond motifs is 1. The number of ether oxygens (including phenoxy) is 4. The minimum absolute atomic E-state index is 0.0462. The van der Waals surface area contributed by atoms with Crippen molar-refractivity contribution in [1.82, 2.24) is 4.90 Å². The Kier molecular flexibility index (Phi) is 5.49. The molecule has 0 aliphatic carbocycles. The maximum Gasteiger partial charge on any atom is 0.254 e. The van der Waals surface area contributed by atoms with Gasteiger partial charge in [-0.05, 0) is 36.3 Å². The highest BCUT2D eigenvalue weighted by Gasteiger charge is 2.33. The lowest BCUT2D eigenvalue weighted by atomic mass is 9.87. The average molecular weight is 383 g/mol. The minimum Gasteiger partial charge on any atom is -0.497 e. The standard InChI is InChI=1S/C22H25NO5/c1-13(14-7-9-15(25-3)10-8-14)19-16-11-18(26-4)21(28-6)20(27-5)17(16)12-23(2)22(19)24/h7-11H,12H2,1-6H3/b19-13+. The normalized spacial score (nSPS) is 15.1. The molecule has 1 aliphatic rings. The summed E-state index contributed by atoms with van der Waals surface area (Å²) in [5.41, 5.74) is 4.12. The summed E-state index contributed by atoms with van der Waals surface area (Å²) >= 11 is 0. The first-order valence-electron chi connectivity index (χ1n) is 8.89. The van der Waals surface area contributed by atoms with Crippen molar-refractivity contribution >= 4 is 17.1 Å². The van der Waals surface area contributed by atoms with Crippen molar-refractivity contribution in [2.24, 2.45) is 0 Å². The van der Waals surface area contributed by atoms with Crippen molar-refractivity contribution in [2.45, 2.75) is 13.5 Å². The molecule has 1 aliphatic heterocycles. The van der Waals surface area contributed by atoms with Gasteiger partial charge >= 0.3 is 0 Å². The monoisotopic (exact) mass is 383 g/mol. The van der Waals surface area contributed by atoms with Gasteiger partial charge in [-0.15, -0.1) is 0 Å². The predicted octanol–water partition coefficient (Wildman–Crippen LogP) is 3.62. The molecule has 0 saturated heterocycles. The van der Waals surface area contributed by atoms with Gasteiger partial charge in [0.1, 0.15) is 5.75 Å². The fraction of sp³-hybridized carbons (Fsp3) is 0.318. The van der Waals surface area contributed by atoms with E-state index >= 15 is 0 Å². The van der Waals surface area contributed by atoms with Crippen LogP contribution in [0.5, 0.6) is 23.0 Å². The first kappa shape index (κ1) is 19.6. The molecule has 2 aromatic rings. The fourth-order valence-electron chi connectivity index (χ4n) is 3.56. The first-order chi connectivity index (χ1) is 13.5. The number of rotatable bonds is 5. The van der Waals surface area contributed by atoms with E-state index in [0.29, 0.717) is 29.4 Å². The second-order valence-electron chi connectivity index (χ2n) is 6.56. The molecular formula is C22H25NO5. The number of nitrogens with zero attached hydrogens (tertiary/aromatic N) is 1. The number of benzene rings is 2. The van der Waals surface area contributed by atoms with E-state index in [2.05, 4.69) is 0 Å². The summed E-state index contributed by atoms with van der Waals surface area (Å²) < 4.78 is 21.9. The van der Waals surface area contributed by atoms with Crippen LogP contribution < -0.4 is 18.9 Å². The van der Waals surface area contributed by atoms with Gasteiger partial charge in [-0.3, -0.25) is 4.79 Å². The van der Waals surface area contributed by atoms with Gasteiger partial charge in [0.2, 0.25) is 5.75 Å². The molecule has 6 nitrogen and oxygen atoms in total. The van der Waals surface area contributed by atoms with Gasteiger partial charge in [-0.2, -0.15) is 0 Å². The van der Waals surface area contributed by atoms with Crippen molar-refractivity contribution < 1.29 is 23.7 Å². The van der Waals surface area contributed by atoms with Crippen molar-refractivity contribution in [3.8, 4) is 23.0 Å². The summed E-state index contributed by atoms with van der Waals surface area (Å²) in [6, 6.07) is 9.50. The largest absolute Gasteiger partial charge is 0.497 e. The summed E-state index contributed by atoms with van der Waals surface area (Å²) in [6.07, 6.45) is 0. The second kappa shape index (κ2) is 7.84. The molecule has 0 bridgehead atoms. The molecule has 0 atom stereocenters. The van der Waals surface area contributed by atoms with Crippen molar-refractivity contribution in [3.63, 3.8) is 0 Å². The summed E-state index contributed by atoms with van der Waals surface area (Å²) in [4.78, 5) is 14.8. The maximum absolute atomic E-state index is 13.1. The topological polar surface area (TPSA) is 57.2 Å². The smallest absolute Gasteiger partial charge is 0.254 e. The van der Waals surface area contributed by atoms with Crippen molar-refractivity contribution in [3.05, 3.63) is 47.0 Å². The van der Waals surface area contributed by atoms with E-state index in [-0.39, 0.29) is 5.91 Å². The fourth-order valence-corrected chi connectivity index (χ4v) is 3.56. The summed E-state index contributed by atoms with van der Waals surface area (Å²) in [5, 5.41) is 0. The van der Waals surface area contributed by atoms with Crippen molar-refractivity contribution in [2.75, 3.05) is 35.5 Å². The molecule has 0 spiro atoms. The molecule has 0 unspecified atom stereocenters. The average Bonchev–Trinajstić information content (AvgIpc) is 2.73. The molecule has 2 aromatic carbocycles. The number of amides is 1. The third kappa shape index (κ3) is 3.15. The van der Waals surface area contributed by atoms with Crippen LogP contribution in [0.4, 0.5) is 0 Å². The molecule has 0 fully saturated rings. The van der Waals surface area contributed by atoms with Gasteiger partial charge in [0.15, 0.2) is 11.5 Å². The number of methoxy groups -OCH3 is 4. The molecule has 0 aromatic heterocycles. The zero-order valence-corrected chi connectivity index (χ0v) is 17.1. The van der Waals surface area contributed by atoms with Crippen LogP contribution in [0.3, 0.4) is 0 Å². The molecule has 0 radical (unpaired) electrons. The number of likely N-dealkylation sites (N-methyl/N-ethyl adjacent to an activating group) is 1. The molecule has 28 heavy (non-hydrogen) atoms. The number of carbonyl (C=O) groups excluding carboxylic acids is 1. The summed E-state index contributed by atoms with van der Waals surface area (Å²) in [5.74, 6) is 2.34. The lowest BCUT2D eigenvalue weighted by Crippen LogP contribution is -2.32. The minimum atomic E-state index is -0.0462. The Bertz CT molecular complexity index is 931. The number of hydrogen-bond acceptors (Lipinski definition) is 5. The highest BCUT2D eigenvalue weighted by molar-refractivity contribution is 6.28. The van der Waals surface area contributed by atoms with E-state index in [9.17, 15) is 4.79 Å². The predicted molar refractivity (Wildman–Crippen MR) is 108 cm³/mol. The lowest BCUT2D eigenvalue weighted by Gasteiger charge is -2.31. The lowest BCUT2D eigenvalue weighted by molar-refractivity contribution is -0.124. The van der Waals surface area contributed by atoms with E-state index in [1.807, 2.05) is 37.3 Å². The van der Waals surface area contributed by atoms with Gasteiger partial charge in [-0.1, -0.05) is 12.1 Å². The molecule has 1 heterocycles. The van der Waals surface area contributed by atoms with Crippen LogP contribution in [0.2, 0.25) is 0 Å². The molecule has 0 saturated carbocycles. The third-order valence-corrected chi connectivity index (χ3v) is 5.06. The zero-order valence-electron chi connectivity index (χ0n) is 17.1. The van der Waals surface area contributed by atoms with Gasteiger partial charge < -0.3 is 23.8 Å². The van der Waals surface area contributed by atoms with Crippen LogP contribution in [0, 0.1) is 0 Å². The Hall–Kier alpha value is -3.15. The van der Waals surface area contributed by atoms with Gasteiger partial charge in [0, 0.05) is 18.2 Å². The summed E-state index contributed by atoms with van der Waals surface area (Å²) in [7, 11) is 8.14. The molecule has 148 valence electrons. The number of hydrogen-bond donors (Lipinski definition) is 0. The first-order valence-corrected chi connectivity index (χ1v) is 8.89. The molecule has 3 rings (SSSR count). The van der Waals surface area contributed by atoms with Crippen LogP contribution >= 0.6 is 0 Å². The molecule has 0 N–H and O–H groups in total. The number of allylic oxidation sites excluding steroid dienone is 1. The Morgan fingerprint density at radius 2 is 1.57 bits per heavy atom. The van der Waals surface area contributed by atoms with Crippen LogP contribution in [-0.4, -0.2) is 46.3 Å². The molecular weight excluding hydrogens is 358 g/mol. The van der Waals surface area contributed by atoms with E-state index in [4.69, 9.17) is 18.9 Å². The maximum atomic E-state index is 13.1. The molecule has 6 heteroatoms. The zero-order chi connectivity index (χ0) is 20.4. The van der Waals surface area contributed by atoms with E-state index < -0.39 is 0 Å². The Balaban J connectivity index is 2.30. The van der Waals surface area contributed by atoms with Crippen LogP contribution in [-0.2, 0) is 11.3 Å². The van der Waals surface area contributed by atoms with Crippen LogP contribution in [0.15, 0.2) is 30.3 Å². The second-order valence-corrected chi connectivity index (χ2v) is 6.56. The highest BCUT2D eigenvalue weighted by atomic mass is 16.5. The Morgan fingerprint density at radius 3 is 2.11 bits per heavy atom. The van der Waals surface area contributed by atoms with Crippen LogP contribution in [0.25, 0.3) is 11.1 Å². The SMILES string of the molecule is COc1ccc(/C(C)=C2/C(=O)N(C)Cc3c2cc(OC)c(OC)c3OC)cc1. The molecule has 1 amide bonds. The number of carbonyl (C=O) groups is 1. The Morgan fingerprint density at radius 1 is 0.929 bits per heavy atom. The van der Waals surface area contributed by atoms with Gasteiger partial charge in [0.25, 0.3) is 5.91 Å². The van der Waals surface area contributed by atoms with Crippen molar-refractivity contribution in [1.29, 1.82) is 0 Å². The van der Waals surface area contributed by atoms with Crippen LogP contribution in [0.1, 0.15) is 23.6 Å².